The molecule has 6 nitrogen and oxygen atoms in total. The van der Waals surface area contributed by atoms with Gasteiger partial charge in [0.15, 0.2) is 11.8 Å². The Balaban J connectivity index is 1.46. The van der Waals surface area contributed by atoms with Crippen molar-refractivity contribution >= 4 is 0 Å². The zero-order valence-corrected chi connectivity index (χ0v) is 12.1. The molecule has 3 aliphatic rings. The lowest BCUT2D eigenvalue weighted by Crippen LogP contribution is -2.37. The summed E-state index contributed by atoms with van der Waals surface area (Å²) in [4.78, 5) is 5.06. The molecule has 6 heteroatoms. The minimum atomic E-state index is -0.395. The summed E-state index contributed by atoms with van der Waals surface area (Å²) < 4.78 is 11.5. The summed E-state index contributed by atoms with van der Waals surface area (Å²) in [5.41, 5.74) is 1.19. The molecule has 3 aliphatic heterocycles. The second-order valence-electron chi connectivity index (χ2n) is 6.31. The van der Waals surface area contributed by atoms with Gasteiger partial charge in [-0.2, -0.15) is 0 Å². The molecule has 2 fully saturated rings. The Labute approximate surface area is 123 Å². The highest BCUT2D eigenvalue weighted by Crippen LogP contribution is 2.61. The van der Waals surface area contributed by atoms with Gasteiger partial charge in [0.2, 0.25) is 0 Å². The first-order chi connectivity index (χ1) is 10.2. The summed E-state index contributed by atoms with van der Waals surface area (Å²) in [7, 11) is 0. The molecule has 4 heterocycles. The third-order valence-corrected chi connectivity index (χ3v) is 5.11. The smallest absolute Gasteiger partial charge is 0.197 e. The first-order valence-corrected chi connectivity index (χ1v) is 7.82. The molecule has 0 aromatic carbocycles. The Morgan fingerprint density at radius 2 is 2.05 bits per heavy atom. The van der Waals surface area contributed by atoms with Gasteiger partial charge in [-0.3, -0.25) is 9.88 Å². The molecule has 2 atom stereocenters. The van der Waals surface area contributed by atoms with Crippen LogP contribution in [-0.2, 0) is 15.1 Å². The fourth-order valence-corrected chi connectivity index (χ4v) is 4.13. The number of aromatic hydroxyl groups is 2. The Kier molecular flexibility index (Phi) is 3.13. The molecule has 0 spiro atoms. The van der Waals surface area contributed by atoms with Crippen LogP contribution < -0.4 is 0 Å². The van der Waals surface area contributed by atoms with Crippen molar-refractivity contribution in [2.75, 3.05) is 32.8 Å². The maximum Gasteiger partial charge on any atom is 0.197 e. The van der Waals surface area contributed by atoms with Crippen LogP contribution in [0.5, 0.6) is 11.8 Å². The van der Waals surface area contributed by atoms with Crippen molar-refractivity contribution in [2.24, 2.45) is 0 Å². The Morgan fingerprint density at radius 1 is 1.24 bits per heavy atom. The van der Waals surface area contributed by atoms with E-state index < -0.39 is 5.60 Å². The fourth-order valence-electron chi connectivity index (χ4n) is 4.13. The van der Waals surface area contributed by atoms with Crippen molar-refractivity contribution in [2.45, 2.75) is 37.4 Å². The van der Waals surface area contributed by atoms with E-state index in [1.54, 1.807) is 0 Å². The molecule has 0 saturated carbocycles. The minimum Gasteiger partial charge on any atom is -0.494 e. The molecule has 4 rings (SSSR count). The summed E-state index contributed by atoms with van der Waals surface area (Å²) in [5, 5.41) is 20.0. The fraction of sp³-hybridized carbons (Fsp3) is 0.733. The average molecular weight is 294 g/mol. The molecule has 1 aromatic heterocycles. The lowest BCUT2D eigenvalue weighted by Gasteiger charge is -2.29. The Hall–Kier alpha value is -1.24. The second kappa shape index (κ2) is 4.90. The molecular weight excluding hydrogens is 272 g/mol. The van der Waals surface area contributed by atoms with Crippen molar-refractivity contribution in [3.8, 4) is 11.8 Å². The molecule has 0 aliphatic carbocycles. The summed E-state index contributed by atoms with van der Waals surface area (Å²) in [6.07, 6.45) is 3.71. The summed E-state index contributed by atoms with van der Waals surface area (Å²) in [6.45, 7) is 4.67. The van der Waals surface area contributed by atoms with E-state index in [1.165, 1.54) is 0 Å². The van der Waals surface area contributed by atoms with Gasteiger partial charge in [0.1, 0.15) is 0 Å². The zero-order valence-electron chi connectivity index (χ0n) is 12.1. The van der Waals surface area contributed by atoms with Crippen molar-refractivity contribution in [1.29, 1.82) is 0 Å². The van der Waals surface area contributed by atoms with Crippen LogP contribution in [0.2, 0.25) is 0 Å². The van der Waals surface area contributed by atoms with Gasteiger partial charge in [0.25, 0.3) is 0 Å². The molecular formula is C15H22N2O4. The largest absolute Gasteiger partial charge is 0.494 e. The highest BCUT2D eigenvalue weighted by Gasteiger charge is 2.54. The van der Waals surface area contributed by atoms with E-state index in [1.807, 2.05) is 0 Å². The van der Waals surface area contributed by atoms with Gasteiger partial charge in [-0.25, -0.2) is 0 Å². The highest BCUT2D eigenvalue weighted by molar-refractivity contribution is 5.53. The molecule has 2 saturated heterocycles. The van der Waals surface area contributed by atoms with Crippen LogP contribution in [0.1, 0.15) is 42.9 Å². The highest BCUT2D eigenvalue weighted by atomic mass is 16.5. The van der Waals surface area contributed by atoms with E-state index >= 15 is 0 Å². The first-order valence-electron chi connectivity index (χ1n) is 7.82. The zero-order chi connectivity index (χ0) is 14.4. The van der Waals surface area contributed by atoms with Gasteiger partial charge in [-0.05, 0) is 32.2 Å². The van der Waals surface area contributed by atoms with Crippen molar-refractivity contribution in [1.82, 2.24) is 9.88 Å². The van der Waals surface area contributed by atoms with Crippen molar-refractivity contribution in [3.63, 3.8) is 0 Å². The molecule has 3 N–H and O–H groups in total. The number of nitrogens with zero attached hydrogens (tertiary/aromatic N) is 1. The topological polar surface area (TPSA) is 78.0 Å². The predicted molar refractivity (Wildman–Crippen MR) is 75.4 cm³/mol. The van der Waals surface area contributed by atoms with Crippen LogP contribution in [0.3, 0.4) is 0 Å². The van der Waals surface area contributed by atoms with Crippen LogP contribution in [0.4, 0.5) is 0 Å². The van der Waals surface area contributed by atoms with Crippen LogP contribution >= 0.6 is 0 Å². The number of aromatic amines is 1. The minimum absolute atomic E-state index is 0.0551. The molecule has 1 aromatic rings. The van der Waals surface area contributed by atoms with E-state index in [9.17, 15) is 10.2 Å². The number of fused-ring (bicyclic) bond motifs is 5. The second-order valence-corrected chi connectivity index (χ2v) is 6.31. The predicted octanol–water partition coefficient (Wildman–Crippen LogP) is 1.60. The summed E-state index contributed by atoms with van der Waals surface area (Å²) >= 11 is 0. The van der Waals surface area contributed by atoms with E-state index in [0.717, 1.165) is 69.7 Å². The molecule has 0 amide bonds. The van der Waals surface area contributed by atoms with Gasteiger partial charge in [-0.1, -0.05) is 0 Å². The lowest BCUT2D eigenvalue weighted by molar-refractivity contribution is -0.0339. The van der Waals surface area contributed by atoms with Gasteiger partial charge < -0.3 is 19.7 Å². The summed E-state index contributed by atoms with van der Waals surface area (Å²) in [5.74, 6) is 0.151. The van der Waals surface area contributed by atoms with Gasteiger partial charge in [0.05, 0.1) is 36.0 Å². The standard InChI is InChI=1S/C15H22N2O4/c18-13-11-10-2-4-15(21-10,12(11)14(19)16-13)3-1-5-17-6-8-20-9-7-17/h10,16,18-19H,1-9H2. The SMILES string of the molecule is Oc1[nH]c(O)c2c1C1CCC2(CCCN2CCOCC2)O1. The number of hydrogen-bond acceptors (Lipinski definition) is 5. The van der Waals surface area contributed by atoms with Crippen LogP contribution in [0.15, 0.2) is 0 Å². The number of aromatic nitrogens is 1. The maximum atomic E-state index is 10.1. The normalized spacial score (nSPS) is 31.7. The number of hydrogen-bond donors (Lipinski definition) is 3. The lowest BCUT2D eigenvalue weighted by atomic mass is 9.81. The van der Waals surface area contributed by atoms with Gasteiger partial charge >= 0.3 is 0 Å². The van der Waals surface area contributed by atoms with Gasteiger partial charge in [-0.15, -0.1) is 0 Å². The number of morpholine rings is 1. The van der Waals surface area contributed by atoms with Crippen LogP contribution in [0, 0.1) is 0 Å². The number of rotatable bonds is 4. The number of ether oxygens (including phenoxy) is 2. The first kappa shape index (κ1) is 13.4. The van der Waals surface area contributed by atoms with E-state index in [-0.39, 0.29) is 17.9 Å². The summed E-state index contributed by atoms with van der Waals surface area (Å²) in [6, 6.07) is 0. The molecule has 116 valence electrons. The third-order valence-electron chi connectivity index (χ3n) is 5.11. The monoisotopic (exact) mass is 294 g/mol. The third kappa shape index (κ3) is 2.05. The van der Waals surface area contributed by atoms with E-state index in [0.29, 0.717) is 0 Å². The molecule has 2 bridgehead atoms. The van der Waals surface area contributed by atoms with Crippen molar-refractivity contribution in [3.05, 3.63) is 11.1 Å². The Morgan fingerprint density at radius 3 is 2.86 bits per heavy atom. The quantitative estimate of drug-likeness (QED) is 0.786. The van der Waals surface area contributed by atoms with E-state index in [4.69, 9.17) is 9.47 Å². The van der Waals surface area contributed by atoms with Gasteiger partial charge in [0, 0.05) is 13.1 Å². The Bertz CT molecular complexity index is 538. The van der Waals surface area contributed by atoms with Crippen molar-refractivity contribution < 1.29 is 19.7 Å². The maximum absolute atomic E-state index is 10.1. The molecule has 21 heavy (non-hydrogen) atoms. The number of nitrogens with one attached hydrogen (secondary N) is 1. The molecule has 0 radical (unpaired) electrons. The van der Waals surface area contributed by atoms with Crippen LogP contribution in [0.25, 0.3) is 0 Å². The van der Waals surface area contributed by atoms with E-state index in [2.05, 4.69) is 9.88 Å². The number of H-pyrrole nitrogens is 1. The van der Waals surface area contributed by atoms with Crippen LogP contribution in [-0.4, -0.2) is 52.9 Å². The molecule has 2 unspecified atom stereocenters. The average Bonchev–Trinajstić information content (AvgIpc) is 3.12.